The molecule has 17 heavy (non-hydrogen) atoms. The second kappa shape index (κ2) is 5.19. The number of ether oxygens (including phenoxy) is 1. The quantitative estimate of drug-likeness (QED) is 0.772. The first kappa shape index (κ1) is 11.9. The van der Waals surface area contributed by atoms with Crippen LogP contribution in [0.1, 0.15) is 5.56 Å². The summed E-state index contributed by atoms with van der Waals surface area (Å²) in [4.78, 5) is 24.0. The Balaban J connectivity index is 2.10. The number of carbonyl (C=O) groups excluding carboxylic acids is 2. The van der Waals surface area contributed by atoms with Crippen LogP contribution in [0.4, 0.5) is 4.79 Å². The van der Waals surface area contributed by atoms with Gasteiger partial charge in [0, 0.05) is 0 Å². The van der Waals surface area contributed by atoms with E-state index < -0.39 is 12.0 Å². The highest BCUT2D eigenvalue weighted by Gasteiger charge is 2.37. The van der Waals surface area contributed by atoms with Crippen LogP contribution in [-0.2, 0) is 16.0 Å². The third-order valence-electron chi connectivity index (χ3n) is 2.66. The van der Waals surface area contributed by atoms with Crippen molar-refractivity contribution in [2.75, 3.05) is 12.5 Å². The molecule has 1 heterocycles. The lowest BCUT2D eigenvalue weighted by Crippen LogP contribution is -2.40. The summed E-state index contributed by atoms with van der Waals surface area (Å²) in [6, 6.07) is 9.40. The number of carbonyl (C=O) groups is 2. The van der Waals surface area contributed by atoms with Crippen LogP contribution >= 0.6 is 11.6 Å². The van der Waals surface area contributed by atoms with Crippen molar-refractivity contribution in [3.05, 3.63) is 35.9 Å². The van der Waals surface area contributed by atoms with Gasteiger partial charge in [-0.25, -0.2) is 9.69 Å². The second-order valence-corrected chi connectivity index (χ2v) is 4.09. The van der Waals surface area contributed by atoms with Gasteiger partial charge in [0.25, 0.3) is 0 Å². The fourth-order valence-electron chi connectivity index (χ4n) is 1.87. The minimum atomic E-state index is -0.600. The summed E-state index contributed by atoms with van der Waals surface area (Å²) in [5.74, 6) is -0.615. The van der Waals surface area contributed by atoms with Crippen LogP contribution < -0.4 is 0 Å². The van der Waals surface area contributed by atoms with E-state index in [0.29, 0.717) is 6.42 Å². The zero-order valence-electron chi connectivity index (χ0n) is 9.14. The Labute approximate surface area is 104 Å². The summed E-state index contributed by atoms with van der Waals surface area (Å²) in [5, 5.41) is 0. The third kappa shape index (κ3) is 2.58. The Bertz CT molecular complexity index is 421. The molecule has 1 aromatic carbocycles. The highest BCUT2D eigenvalue weighted by atomic mass is 35.5. The number of alkyl halides is 1. The van der Waals surface area contributed by atoms with Gasteiger partial charge in [0.2, 0.25) is 5.91 Å². The van der Waals surface area contributed by atoms with Crippen LogP contribution in [0.3, 0.4) is 0 Å². The molecule has 2 rings (SSSR count). The Hall–Kier alpha value is -1.55. The summed E-state index contributed by atoms with van der Waals surface area (Å²) in [6.07, 6.45) is -0.00792. The van der Waals surface area contributed by atoms with E-state index in [-0.39, 0.29) is 18.5 Å². The van der Waals surface area contributed by atoms with E-state index in [2.05, 4.69) is 0 Å². The van der Waals surface area contributed by atoms with Crippen LogP contribution in [0, 0.1) is 0 Å². The molecule has 5 heteroatoms. The van der Waals surface area contributed by atoms with Crippen molar-refractivity contribution >= 4 is 23.6 Å². The van der Waals surface area contributed by atoms with Crippen molar-refractivity contribution in [1.29, 1.82) is 0 Å². The molecule has 2 amide bonds. The van der Waals surface area contributed by atoms with Gasteiger partial charge in [0.05, 0.1) is 6.04 Å². The Morgan fingerprint density at radius 3 is 2.76 bits per heavy atom. The molecular weight excluding hydrogens is 242 g/mol. The number of halogens is 1. The topological polar surface area (TPSA) is 46.6 Å². The number of hydrogen-bond acceptors (Lipinski definition) is 3. The first-order chi connectivity index (χ1) is 8.22. The van der Waals surface area contributed by atoms with Gasteiger partial charge in [-0.15, -0.1) is 11.6 Å². The zero-order valence-corrected chi connectivity index (χ0v) is 9.89. The highest BCUT2D eigenvalue weighted by Crippen LogP contribution is 2.17. The van der Waals surface area contributed by atoms with Crippen molar-refractivity contribution in [3.63, 3.8) is 0 Å². The van der Waals surface area contributed by atoms with Crippen molar-refractivity contribution in [3.8, 4) is 0 Å². The van der Waals surface area contributed by atoms with Gasteiger partial charge in [-0.2, -0.15) is 0 Å². The fraction of sp³-hybridized carbons (Fsp3) is 0.333. The van der Waals surface area contributed by atoms with E-state index in [4.69, 9.17) is 16.3 Å². The van der Waals surface area contributed by atoms with Crippen molar-refractivity contribution < 1.29 is 14.3 Å². The van der Waals surface area contributed by atoms with Gasteiger partial charge in [-0.3, -0.25) is 4.79 Å². The number of imide groups is 1. The molecule has 0 radical (unpaired) electrons. The molecule has 1 aromatic rings. The standard InChI is InChI=1S/C12H12ClNO3/c13-7-11(15)14-10(8-17-12(14)16)6-9-4-2-1-3-5-9/h1-5,10H,6-8H2. The van der Waals surface area contributed by atoms with Crippen molar-refractivity contribution in [2.24, 2.45) is 0 Å². The monoisotopic (exact) mass is 253 g/mol. The van der Waals surface area contributed by atoms with Crippen LogP contribution in [-0.4, -0.2) is 35.4 Å². The first-order valence-corrected chi connectivity index (χ1v) is 5.84. The van der Waals surface area contributed by atoms with E-state index in [1.54, 1.807) is 0 Å². The maximum absolute atomic E-state index is 11.5. The van der Waals surface area contributed by atoms with E-state index in [1.165, 1.54) is 0 Å². The Kier molecular flexibility index (Phi) is 3.64. The molecule has 1 aliphatic heterocycles. The molecule has 0 bridgehead atoms. The largest absolute Gasteiger partial charge is 0.447 e. The Morgan fingerprint density at radius 2 is 2.12 bits per heavy atom. The number of benzene rings is 1. The predicted octanol–water partition coefficient (Wildman–Crippen LogP) is 1.82. The van der Waals surface area contributed by atoms with Gasteiger partial charge in [0.15, 0.2) is 0 Å². The Morgan fingerprint density at radius 1 is 1.41 bits per heavy atom. The number of rotatable bonds is 3. The lowest BCUT2D eigenvalue weighted by molar-refractivity contribution is -0.126. The van der Waals surface area contributed by atoms with Crippen LogP contribution in [0.5, 0.6) is 0 Å². The van der Waals surface area contributed by atoms with Gasteiger partial charge >= 0.3 is 6.09 Å². The average Bonchev–Trinajstić information content (AvgIpc) is 2.71. The lowest BCUT2D eigenvalue weighted by Gasteiger charge is -2.18. The third-order valence-corrected chi connectivity index (χ3v) is 2.89. The van der Waals surface area contributed by atoms with Crippen LogP contribution in [0.2, 0.25) is 0 Å². The van der Waals surface area contributed by atoms with Gasteiger partial charge in [-0.1, -0.05) is 30.3 Å². The molecule has 1 atom stereocenters. The minimum absolute atomic E-state index is 0.208. The number of hydrogen-bond donors (Lipinski definition) is 0. The van der Waals surface area contributed by atoms with Gasteiger partial charge < -0.3 is 4.74 Å². The molecule has 0 spiro atoms. The van der Waals surface area contributed by atoms with Gasteiger partial charge in [-0.05, 0) is 12.0 Å². The van der Waals surface area contributed by atoms with Crippen LogP contribution in [0.25, 0.3) is 0 Å². The SMILES string of the molecule is O=C(CCl)N1C(=O)OCC1Cc1ccccc1. The lowest BCUT2D eigenvalue weighted by atomic mass is 10.1. The molecule has 1 unspecified atom stereocenters. The molecule has 0 N–H and O–H groups in total. The molecule has 1 aliphatic rings. The molecule has 1 fully saturated rings. The fourth-order valence-corrected chi connectivity index (χ4v) is 2.00. The van der Waals surface area contributed by atoms with E-state index in [0.717, 1.165) is 10.5 Å². The number of amides is 2. The number of nitrogens with zero attached hydrogens (tertiary/aromatic N) is 1. The zero-order chi connectivity index (χ0) is 12.3. The van der Waals surface area contributed by atoms with Crippen molar-refractivity contribution in [1.82, 2.24) is 4.90 Å². The normalized spacial score (nSPS) is 19.2. The first-order valence-electron chi connectivity index (χ1n) is 5.31. The van der Waals surface area contributed by atoms with Crippen LogP contribution in [0.15, 0.2) is 30.3 Å². The molecule has 0 aliphatic carbocycles. The summed E-state index contributed by atoms with van der Waals surface area (Å²) >= 11 is 5.47. The molecule has 1 saturated heterocycles. The maximum Gasteiger partial charge on any atom is 0.417 e. The average molecular weight is 254 g/mol. The van der Waals surface area contributed by atoms with E-state index >= 15 is 0 Å². The highest BCUT2D eigenvalue weighted by molar-refractivity contribution is 6.28. The predicted molar refractivity (Wildman–Crippen MR) is 62.8 cm³/mol. The van der Waals surface area contributed by atoms with Gasteiger partial charge in [0.1, 0.15) is 12.5 Å². The summed E-state index contributed by atoms with van der Waals surface area (Å²) in [6.45, 7) is 0.232. The molecule has 0 aromatic heterocycles. The number of cyclic esters (lactones) is 1. The second-order valence-electron chi connectivity index (χ2n) is 3.82. The smallest absolute Gasteiger partial charge is 0.417 e. The maximum atomic E-state index is 11.5. The molecular formula is C12H12ClNO3. The minimum Gasteiger partial charge on any atom is -0.447 e. The summed E-state index contributed by atoms with van der Waals surface area (Å²) < 4.78 is 4.88. The molecule has 4 nitrogen and oxygen atoms in total. The molecule has 90 valence electrons. The summed E-state index contributed by atoms with van der Waals surface area (Å²) in [5.41, 5.74) is 1.06. The summed E-state index contributed by atoms with van der Waals surface area (Å²) in [7, 11) is 0. The molecule has 0 saturated carbocycles. The van der Waals surface area contributed by atoms with E-state index in [9.17, 15) is 9.59 Å². The van der Waals surface area contributed by atoms with Crippen molar-refractivity contribution in [2.45, 2.75) is 12.5 Å². The van der Waals surface area contributed by atoms with E-state index in [1.807, 2.05) is 30.3 Å².